The maximum Gasteiger partial charge on any atom is 0.326 e. The molecule has 0 heterocycles. The smallest absolute Gasteiger partial charge is 0.326 e. The second kappa shape index (κ2) is 12.2. The van der Waals surface area contributed by atoms with Crippen LogP contribution >= 0.6 is 0 Å². The lowest BCUT2D eigenvalue weighted by molar-refractivity contribution is -0.151. The van der Waals surface area contributed by atoms with E-state index in [1.54, 1.807) is 0 Å². The number of rotatable bonds is 13. The van der Waals surface area contributed by atoms with Gasteiger partial charge in [-0.25, -0.2) is 0 Å². The van der Waals surface area contributed by atoms with Gasteiger partial charge in [-0.3, -0.25) is 4.79 Å². The highest BCUT2D eigenvalue weighted by Gasteiger charge is 2.32. The number of hydrogen-bond acceptors (Lipinski definition) is 4. The van der Waals surface area contributed by atoms with E-state index in [0.29, 0.717) is 13.2 Å². The molecule has 0 aromatic heterocycles. The molecule has 0 saturated carbocycles. The monoisotopic (exact) mass is 287 g/mol. The summed E-state index contributed by atoms with van der Waals surface area (Å²) in [6, 6.07) is 0. The van der Waals surface area contributed by atoms with Gasteiger partial charge in [-0.1, -0.05) is 33.1 Å². The van der Waals surface area contributed by atoms with Crippen molar-refractivity contribution in [3.63, 3.8) is 0 Å². The Bertz CT molecular complexity index is 246. The van der Waals surface area contributed by atoms with Crippen molar-refractivity contribution >= 4 is 5.97 Å². The van der Waals surface area contributed by atoms with Gasteiger partial charge in [0.05, 0.1) is 6.61 Å². The molecule has 0 saturated heterocycles. The summed E-state index contributed by atoms with van der Waals surface area (Å²) in [7, 11) is 0. The molecular weight excluding hydrogens is 254 g/mol. The Morgan fingerprint density at radius 3 is 2.35 bits per heavy atom. The molecular formula is C16H33NO3. The summed E-state index contributed by atoms with van der Waals surface area (Å²) in [6.07, 6.45) is 6.53. The molecule has 0 aliphatic rings. The van der Waals surface area contributed by atoms with Gasteiger partial charge in [0, 0.05) is 13.2 Å². The first kappa shape index (κ1) is 19.4. The normalized spacial score (nSPS) is 14.0. The summed E-state index contributed by atoms with van der Waals surface area (Å²) >= 11 is 0. The minimum absolute atomic E-state index is 0.162. The van der Waals surface area contributed by atoms with E-state index in [-0.39, 0.29) is 5.97 Å². The molecule has 0 radical (unpaired) electrons. The molecule has 0 bridgehead atoms. The van der Waals surface area contributed by atoms with Crippen molar-refractivity contribution in [3.05, 3.63) is 0 Å². The van der Waals surface area contributed by atoms with E-state index in [2.05, 4.69) is 12.2 Å². The Labute approximate surface area is 124 Å². The molecule has 4 heteroatoms. The Morgan fingerprint density at radius 2 is 1.75 bits per heavy atom. The van der Waals surface area contributed by atoms with Crippen LogP contribution in [0.4, 0.5) is 0 Å². The third-order valence-electron chi connectivity index (χ3n) is 3.40. The topological polar surface area (TPSA) is 47.6 Å². The number of hydrogen-bond donors (Lipinski definition) is 1. The van der Waals surface area contributed by atoms with Crippen LogP contribution in [0.15, 0.2) is 0 Å². The molecule has 0 aliphatic heterocycles. The maximum atomic E-state index is 12.0. The second-order valence-corrected chi connectivity index (χ2v) is 5.36. The fourth-order valence-electron chi connectivity index (χ4n) is 2.20. The third kappa shape index (κ3) is 8.54. The van der Waals surface area contributed by atoms with Gasteiger partial charge in [0.25, 0.3) is 0 Å². The van der Waals surface area contributed by atoms with Gasteiger partial charge in [0.15, 0.2) is 0 Å². The summed E-state index contributed by atoms with van der Waals surface area (Å²) in [6.45, 7) is 10.7. The quantitative estimate of drug-likeness (QED) is 0.417. The Morgan fingerprint density at radius 1 is 1.05 bits per heavy atom. The largest absolute Gasteiger partial charge is 0.465 e. The van der Waals surface area contributed by atoms with Crippen molar-refractivity contribution in [2.24, 2.45) is 0 Å². The molecule has 1 unspecified atom stereocenters. The van der Waals surface area contributed by atoms with Gasteiger partial charge < -0.3 is 14.8 Å². The lowest BCUT2D eigenvalue weighted by Gasteiger charge is -2.28. The van der Waals surface area contributed by atoms with Crippen molar-refractivity contribution in [2.45, 2.75) is 71.8 Å². The van der Waals surface area contributed by atoms with Crippen LogP contribution in [0.25, 0.3) is 0 Å². The van der Waals surface area contributed by atoms with Crippen LogP contribution in [0.1, 0.15) is 66.2 Å². The predicted octanol–water partition coefficient (Wildman–Crippen LogP) is 3.29. The highest BCUT2D eigenvalue weighted by Crippen LogP contribution is 2.15. The van der Waals surface area contributed by atoms with Gasteiger partial charge in [0.1, 0.15) is 5.54 Å². The Balaban J connectivity index is 3.83. The molecule has 0 rings (SSSR count). The molecule has 120 valence electrons. The predicted molar refractivity (Wildman–Crippen MR) is 82.9 cm³/mol. The van der Waals surface area contributed by atoms with Gasteiger partial charge in [-0.2, -0.15) is 0 Å². The average molecular weight is 287 g/mol. The molecule has 0 aromatic carbocycles. The molecule has 20 heavy (non-hydrogen) atoms. The number of unbranched alkanes of at least 4 members (excludes halogenated alkanes) is 3. The Hall–Kier alpha value is -0.610. The zero-order valence-electron chi connectivity index (χ0n) is 13.8. The van der Waals surface area contributed by atoms with Gasteiger partial charge in [-0.15, -0.1) is 0 Å². The number of esters is 1. The molecule has 0 aromatic rings. The molecule has 4 nitrogen and oxygen atoms in total. The summed E-state index contributed by atoms with van der Waals surface area (Å²) in [5, 5.41) is 3.23. The molecule has 0 amide bonds. The first-order valence-electron chi connectivity index (χ1n) is 8.10. The summed E-state index contributed by atoms with van der Waals surface area (Å²) < 4.78 is 10.8. The number of carbonyl (C=O) groups excluding carboxylic acids is 1. The third-order valence-corrected chi connectivity index (χ3v) is 3.40. The molecule has 0 fully saturated rings. The molecule has 0 aliphatic carbocycles. The maximum absolute atomic E-state index is 12.0. The first-order chi connectivity index (χ1) is 9.60. The van der Waals surface area contributed by atoms with E-state index in [1.165, 1.54) is 19.3 Å². The van der Waals surface area contributed by atoms with Crippen molar-refractivity contribution in [1.82, 2.24) is 5.32 Å². The first-order valence-corrected chi connectivity index (χ1v) is 8.10. The van der Waals surface area contributed by atoms with E-state index < -0.39 is 5.54 Å². The highest BCUT2D eigenvalue weighted by molar-refractivity contribution is 5.80. The number of carbonyl (C=O) groups is 1. The van der Waals surface area contributed by atoms with Gasteiger partial charge in [-0.05, 0) is 39.7 Å². The standard InChI is InChI=1S/C16H33NO3/c1-5-8-9-10-13-19-14-11-12-16(4,17-6-2)15(18)20-7-3/h17H,5-14H2,1-4H3. The SMILES string of the molecule is CCCCCCOCCCC(C)(NCC)C(=O)OCC. The van der Waals surface area contributed by atoms with Crippen LogP contribution < -0.4 is 5.32 Å². The number of ether oxygens (including phenoxy) is 2. The summed E-state index contributed by atoms with van der Waals surface area (Å²) in [5.41, 5.74) is -0.587. The van der Waals surface area contributed by atoms with Crippen molar-refractivity contribution < 1.29 is 14.3 Å². The van der Waals surface area contributed by atoms with Gasteiger partial charge in [0.2, 0.25) is 0 Å². The average Bonchev–Trinajstić information content (AvgIpc) is 2.42. The van der Waals surface area contributed by atoms with Crippen LogP contribution in [-0.2, 0) is 14.3 Å². The van der Waals surface area contributed by atoms with E-state index in [1.807, 2.05) is 20.8 Å². The van der Waals surface area contributed by atoms with E-state index >= 15 is 0 Å². The minimum atomic E-state index is -0.587. The van der Waals surface area contributed by atoms with Crippen molar-refractivity contribution in [1.29, 1.82) is 0 Å². The van der Waals surface area contributed by atoms with Crippen molar-refractivity contribution in [2.75, 3.05) is 26.4 Å². The highest BCUT2D eigenvalue weighted by atomic mass is 16.5. The lowest BCUT2D eigenvalue weighted by atomic mass is 9.96. The zero-order valence-corrected chi connectivity index (χ0v) is 13.8. The zero-order chi connectivity index (χ0) is 15.3. The van der Waals surface area contributed by atoms with Gasteiger partial charge >= 0.3 is 5.97 Å². The molecule has 1 atom stereocenters. The van der Waals surface area contributed by atoms with E-state index in [9.17, 15) is 4.79 Å². The Kier molecular flexibility index (Phi) is 11.8. The molecule has 1 N–H and O–H groups in total. The van der Waals surface area contributed by atoms with Crippen LogP contribution in [0.2, 0.25) is 0 Å². The van der Waals surface area contributed by atoms with Crippen LogP contribution in [0.5, 0.6) is 0 Å². The lowest BCUT2D eigenvalue weighted by Crippen LogP contribution is -2.50. The van der Waals surface area contributed by atoms with Crippen LogP contribution in [0.3, 0.4) is 0 Å². The fraction of sp³-hybridized carbons (Fsp3) is 0.938. The minimum Gasteiger partial charge on any atom is -0.465 e. The second-order valence-electron chi connectivity index (χ2n) is 5.36. The van der Waals surface area contributed by atoms with Crippen LogP contribution in [0, 0.1) is 0 Å². The molecule has 0 spiro atoms. The summed E-state index contributed by atoms with van der Waals surface area (Å²) in [5.74, 6) is -0.162. The van der Waals surface area contributed by atoms with Crippen molar-refractivity contribution in [3.8, 4) is 0 Å². The number of likely N-dealkylation sites (N-methyl/N-ethyl adjacent to an activating group) is 1. The summed E-state index contributed by atoms with van der Waals surface area (Å²) in [4.78, 5) is 12.0. The van der Waals surface area contributed by atoms with E-state index in [4.69, 9.17) is 9.47 Å². The van der Waals surface area contributed by atoms with Crippen LogP contribution in [-0.4, -0.2) is 37.9 Å². The number of nitrogens with one attached hydrogen (secondary N) is 1. The fourth-order valence-corrected chi connectivity index (χ4v) is 2.20. The van der Waals surface area contributed by atoms with E-state index in [0.717, 1.165) is 32.4 Å².